The number of rotatable bonds is 9. The Bertz CT molecular complexity index is 204. The zero-order valence-electron chi connectivity index (χ0n) is 12.2. The first-order chi connectivity index (χ1) is 8.06. The highest BCUT2D eigenvalue weighted by Gasteiger charge is 2.25. The van der Waals surface area contributed by atoms with Crippen LogP contribution in [0, 0.1) is 5.92 Å². The van der Waals surface area contributed by atoms with E-state index in [4.69, 9.17) is 4.74 Å². The second kappa shape index (κ2) is 7.34. The van der Waals surface area contributed by atoms with E-state index in [0.29, 0.717) is 18.0 Å². The van der Waals surface area contributed by atoms with Crippen molar-refractivity contribution in [3.8, 4) is 0 Å². The Morgan fingerprint density at radius 1 is 1.24 bits per heavy atom. The van der Waals surface area contributed by atoms with E-state index < -0.39 is 0 Å². The number of hydrogen-bond donors (Lipinski definition) is 1. The van der Waals surface area contributed by atoms with Crippen LogP contribution in [0.2, 0.25) is 0 Å². The molecule has 0 heterocycles. The molecule has 0 aromatic heterocycles. The minimum atomic E-state index is 0.587. The Morgan fingerprint density at radius 3 is 2.35 bits per heavy atom. The number of methoxy groups -OCH3 is 1. The van der Waals surface area contributed by atoms with Gasteiger partial charge in [0.2, 0.25) is 0 Å². The van der Waals surface area contributed by atoms with Gasteiger partial charge in [0.1, 0.15) is 0 Å². The smallest absolute Gasteiger partial charge is 0.0589 e. The largest absolute Gasteiger partial charge is 0.383 e. The van der Waals surface area contributed by atoms with Crippen LogP contribution in [0.25, 0.3) is 0 Å². The molecule has 0 aliphatic heterocycles. The molecule has 0 amide bonds. The molecular weight excluding hydrogens is 212 g/mol. The minimum absolute atomic E-state index is 0.587. The SMILES string of the molecule is COCCN(C(C)C)C(C)C(C)CNC1CC1. The third-order valence-corrected chi connectivity index (χ3v) is 3.87. The van der Waals surface area contributed by atoms with Gasteiger partial charge in [0.15, 0.2) is 0 Å². The normalized spacial score (nSPS) is 19.9. The fraction of sp³-hybridized carbons (Fsp3) is 1.00. The summed E-state index contributed by atoms with van der Waals surface area (Å²) in [5, 5.41) is 3.63. The molecule has 3 heteroatoms. The van der Waals surface area contributed by atoms with E-state index >= 15 is 0 Å². The van der Waals surface area contributed by atoms with Gasteiger partial charge in [-0.25, -0.2) is 0 Å². The summed E-state index contributed by atoms with van der Waals surface area (Å²) >= 11 is 0. The number of hydrogen-bond acceptors (Lipinski definition) is 3. The first-order valence-electron chi connectivity index (χ1n) is 7.04. The lowest BCUT2D eigenvalue weighted by molar-refractivity contribution is 0.0799. The molecule has 2 atom stereocenters. The average molecular weight is 242 g/mol. The maximum absolute atomic E-state index is 5.20. The van der Waals surface area contributed by atoms with Crippen LogP contribution in [0.5, 0.6) is 0 Å². The number of ether oxygens (including phenoxy) is 1. The zero-order chi connectivity index (χ0) is 12.8. The lowest BCUT2D eigenvalue weighted by Crippen LogP contribution is -2.46. The zero-order valence-corrected chi connectivity index (χ0v) is 12.2. The van der Waals surface area contributed by atoms with E-state index in [2.05, 4.69) is 37.9 Å². The van der Waals surface area contributed by atoms with Gasteiger partial charge in [0, 0.05) is 31.8 Å². The average Bonchev–Trinajstić information content (AvgIpc) is 3.09. The molecule has 1 aliphatic rings. The highest BCUT2D eigenvalue weighted by atomic mass is 16.5. The minimum Gasteiger partial charge on any atom is -0.383 e. The predicted octanol–water partition coefficient (Wildman–Crippen LogP) is 2.12. The van der Waals surface area contributed by atoms with Crippen molar-refractivity contribution in [3.63, 3.8) is 0 Å². The topological polar surface area (TPSA) is 24.5 Å². The molecule has 1 aliphatic carbocycles. The van der Waals surface area contributed by atoms with Crippen molar-refractivity contribution in [3.05, 3.63) is 0 Å². The summed E-state index contributed by atoms with van der Waals surface area (Å²) in [5.41, 5.74) is 0. The quantitative estimate of drug-likeness (QED) is 0.670. The highest BCUT2D eigenvalue weighted by molar-refractivity contribution is 4.84. The highest BCUT2D eigenvalue weighted by Crippen LogP contribution is 2.20. The second-order valence-electron chi connectivity index (χ2n) is 5.72. The van der Waals surface area contributed by atoms with Gasteiger partial charge in [-0.1, -0.05) is 6.92 Å². The van der Waals surface area contributed by atoms with Gasteiger partial charge < -0.3 is 10.1 Å². The van der Waals surface area contributed by atoms with Crippen molar-refractivity contribution in [2.45, 2.75) is 58.7 Å². The molecule has 0 aromatic rings. The molecule has 1 rings (SSSR count). The lowest BCUT2D eigenvalue weighted by Gasteiger charge is -2.36. The van der Waals surface area contributed by atoms with E-state index in [0.717, 1.165) is 25.7 Å². The number of nitrogens with one attached hydrogen (secondary N) is 1. The van der Waals surface area contributed by atoms with Gasteiger partial charge in [-0.15, -0.1) is 0 Å². The molecule has 1 saturated carbocycles. The van der Waals surface area contributed by atoms with Crippen molar-refractivity contribution < 1.29 is 4.74 Å². The van der Waals surface area contributed by atoms with Crippen LogP contribution in [0.15, 0.2) is 0 Å². The van der Waals surface area contributed by atoms with Crippen LogP contribution in [0.1, 0.15) is 40.5 Å². The molecule has 1 N–H and O–H groups in total. The maximum Gasteiger partial charge on any atom is 0.0589 e. The first kappa shape index (κ1) is 14.9. The summed E-state index contributed by atoms with van der Waals surface area (Å²) in [4.78, 5) is 2.54. The molecular formula is C14H30N2O. The Hall–Kier alpha value is -0.120. The first-order valence-corrected chi connectivity index (χ1v) is 7.04. The van der Waals surface area contributed by atoms with E-state index in [9.17, 15) is 0 Å². The molecule has 102 valence electrons. The van der Waals surface area contributed by atoms with Crippen molar-refractivity contribution in [2.75, 3.05) is 26.8 Å². The van der Waals surface area contributed by atoms with E-state index in [1.165, 1.54) is 12.8 Å². The van der Waals surface area contributed by atoms with Gasteiger partial charge in [-0.05, 0) is 46.1 Å². The summed E-state index contributed by atoms with van der Waals surface area (Å²) in [6.45, 7) is 12.2. The fourth-order valence-corrected chi connectivity index (χ4v) is 2.27. The summed E-state index contributed by atoms with van der Waals surface area (Å²) in [7, 11) is 1.78. The van der Waals surface area contributed by atoms with Crippen LogP contribution in [-0.4, -0.2) is 49.8 Å². The fourth-order valence-electron chi connectivity index (χ4n) is 2.27. The molecule has 0 radical (unpaired) electrons. The Kier molecular flexibility index (Phi) is 6.45. The van der Waals surface area contributed by atoms with Crippen LogP contribution < -0.4 is 5.32 Å². The molecule has 3 nitrogen and oxygen atoms in total. The molecule has 0 bridgehead atoms. The second-order valence-corrected chi connectivity index (χ2v) is 5.72. The molecule has 0 saturated heterocycles. The summed E-state index contributed by atoms with van der Waals surface area (Å²) in [6.07, 6.45) is 2.75. The van der Waals surface area contributed by atoms with Crippen molar-refractivity contribution in [2.24, 2.45) is 5.92 Å². The van der Waals surface area contributed by atoms with Crippen LogP contribution >= 0.6 is 0 Å². The summed E-state index contributed by atoms with van der Waals surface area (Å²) in [5.74, 6) is 0.690. The van der Waals surface area contributed by atoms with Gasteiger partial charge in [0.05, 0.1) is 6.61 Å². The maximum atomic E-state index is 5.20. The summed E-state index contributed by atoms with van der Waals surface area (Å²) in [6, 6.07) is 2.01. The van der Waals surface area contributed by atoms with Gasteiger partial charge >= 0.3 is 0 Å². The van der Waals surface area contributed by atoms with Crippen LogP contribution in [-0.2, 0) is 4.74 Å². The Labute approximate surface area is 107 Å². The molecule has 0 aromatic carbocycles. The lowest BCUT2D eigenvalue weighted by atomic mass is 10.0. The molecule has 0 spiro atoms. The van der Waals surface area contributed by atoms with E-state index in [1.54, 1.807) is 7.11 Å². The van der Waals surface area contributed by atoms with Gasteiger partial charge in [-0.3, -0.25) is 4.90 Å². The third-order valence-electron chi connectivity index (χ3n) is 3.87. The summed E-state index contributed by atoms with van der Waals surface area (Å²) < 4.78 is 5.20. The van der Waals surface area contributed by atoms with E-state index in [1.807, 2.05) is 0 Å². The molecule has 2 unspecified atom stereocenters. The molecule has 1 fully saturated rings. The van der Waals surface area contributed by atoms with Crippen LogP contribution in [0.3, 0.4) is 0 Å². The van der Waals surface area contributed by atoms with Gasteiger partial charge in [0.25, 0.3) is 0 Å². The third kappa shape index (κ3) is 5.36. The van der Waals surface area contributed by atoms with Crippen molar-refractivity contribution >= 4 is 0 Å². The number of nitrogens with zero attached hydrogens (tertiary/aromatic N) is 1. The standard InChI is InChI=1S/C14H30N2O/c1-11(2)16(8-9-17-5)13(4)12(3)10-15-14-6-7-14/h11-15H,6-10H2,1-5H3. The predicted molar refractivity (Wildman–Crippen MR) is 73.4 cm³/mol. The van der Waals surface area contributed by atoms with Gasteiger partial charge in [-0.2, -0.15) is 0 Å². The van der Waals surface area contributed by atoms with Crippen LogP contribution in [0.4, 0.5) is 0 Å². The van der Waals surface area contributed by atoms with Crippen molar-refractivity contribution in [1.82, 2.24) is 10.2 Å². The Balaban J connectivity index is 2.34. The monoisotopic (exact) mass is 242 g/mol. The van der Waals surface area contributed by atoms with E-state index in [-0.39, 0.29) is 0 Å². The Morgan fingerprint density at radius 2 is 1.88 bits per heavy atom. The van der Waals surface area contributed by atoms with Crippen molar-refractivity contribution in [1.29, 1.82) is 0 Å². The molecule has 17 heavy (non-hydrogen) atoms.